The number of likely N-dealkylation sites (N-methyl/N-ethyl adjacent to an activating group) is 1. The van der Waals surface area contributed by atoms with E-state index in [1.165, 1.54) is 0 Å². The fourth-order valence-electron chi connectivity index (χ4n) is 2.16. The molecule has 3 aromatic rings. The van der Waals surface area contributed by atoms with Crippen molar-refractivity contribution in [1.29, 1.82) is 0 Å². The van der Waals surface area contributed by atoms with Gasteiger partial charge >= 0.3 is 0 Å². The van der Waals surface area contributed by atoms with Gasteiger partial charge in [0.05, 0.1) is 5.56 Å². The third kappa shape index (κ3) is 3.93. The van der Waals surface area contributed by atoms with Crippen LogP contribution in [0.15, 0.2) is 53.1 Å². The number of benzene rings is 2. The van der Waals surface area contributed by atoms with Gasteiger partial charge in [-0.15, -0.1) is 0 Å². The lowest BCUT2D eigenvalue weighted by Crippen LogP contribution is -2.19. The molecule has 0 bridgehead atoms. The predicted octanol–water partition coefficient (Wildman–Crippen LogP) is 4.00. The minimum atomic E-state index is 0.449. The summed E-state index contributed by atoms with van der Waals surface area (Å²) < 4.78 is 11.2. The monoisotopic (exact) mass is 343 g/mol. The van der Waals surface area contributed by atoms with Crippen molar-refractivity contribution >= 4 is 11.6 Å². The Bertz CT molecular complexity index is 800. The molecule has 0 saturated carbocycles. The van der Waals surface area contributed by atoms with Crippen LogP contribution in [0.4, 0.5) is 0 Å². The highest BCUT2D eigenvalue weighted by Crippen LogP contribution is 2.29. The summed E-state index contributed by atoms with van der Waals surface area (Å²) in [6.07, 6.45) is 0. The second-order valence-electron chi connectivity index (χ2n) is 5.58. The van der Waals surface area contributed by atoms with Crippen molar-refractivity contribution in [3.05, 3.63) is 53.6 Å². The van der Waals surface area contributed by atoms with Gasteiger partial charge in [0.2, 0.25) is 5.82 Å². The molecule has 0 spiro atoms. The smallest absolute Gasteiger partial charge is 0.258 e. The average Bonchev–Trinajstić information content (AvgIpc) is 3.05. The van der Waals surface area contributed by atoms with Gasteiger partial charge in [-0.2, -0.15) is 4.98 Å². The molecule has 0 aliphatic carbocycles. The highest BCUT2D eigenvalue weighted by atomic mass is 35.5. The lowest BCUT2D eigenvalue weighted by atomic mass is 10.2. The molecule has 0 fully saturated rings. The van der Waals surface area contributed by atoms with Crippen LogP contribution >= 0.6 is 11.6 Å². The van der Waals surface area contributed by atoms with Crippen LogP contribution in [-0.2, 0) is 0 Å². The quantitative estimate of drug-likeness (QED) is 0.677. The number of nitrogens with zero attached hydrogens (tertiary/aromatic N) is 3. The van der Waals surface area contributed by atoms with E-state index in [0.29, 0.717) is 23.3 Å². The van der Waals surface area contributed by atoms with Crippen molar-refractivity contribution < 1.29 is 9.26 Å². The Labute approximate surface area is 145 Å². The third-order valence-corrected chi connectivity index (χ3v) is 3.69. The first-order valence-corrected chi connectivity index (χ1v) is 7.98. The molecular weight excluding hydrogens is 326 g/mol. The van der Waals surface area contributed by atoms with Gasteiger partial charge < -0.3 is 14.2 Å². The molecule has 0 unspecified atom stereocenters. The second-order valence-corrected chi connectivity index (χ2v) is 6.01. The molecule has 5 nitrogen and oxygen atoms in total. The van der Waals surface area contributed by atoms with Crippen molar-refractivity contribution in [3.63, 3.8) is 0 Å². The molecule has 2 aromatic carbocycles. The molecule has 124 valence electrons. The van der Waals surface area contributed by atoms with Gasteiger partial charge in [0.25, 0.3) is 5.89 Å². The average molecular weight is 344 g/mol. The zero-order chi connectivity index (χ0) is 16.9. The summed E-state index contributed by atoms with van der Waals surface area (Å²) in [5.74, 6) is 1.69. The van der Waals surface area contributed by atoms with E-state index in [4.69, 9.17) is 20.9 Å². The minimum absolute atomic E-state index is 0.449. The SMILES string of the molecule is CN(C)CCOc1ccccc1-c1noc(-c2ccc(Cl)cc2)n1. The van der Waals surface area contributed by atoms with Crippen LogP contribution < -0.4 is 4.74 Å². The van der Waals surface area contributed by atoms with Crippen LogP contribution in [0.5, 0.6) is 5.75 Å². The largest absolute Gasteiger partial charge is 0.491 e. The summed E-state index contributed by atoms with van der Waals surface area (Å²) in [7, 11) is 4.01. The molecule has 1 heterocycles. The van der Waals surface area contributed by atoms with Crippen molar-refractivity contribution in [1.82, 2.24) is 15.0 Å². The molecule has 1 aromatic heterocycles. The van der Waals surface area contributed by atoms with Gasteiger partial charge in [0, 0.05) is 17.1 Å². The number of aromatic nitrogens is 2. The van der Waals surface area contributed by atoms with Gasteiger partial charge in [-0.3, -0.25) is 0 Å². The van der Waals surface area contributed by atoms with E-state index in [9.17, 15) is 0 Å². The van der Waals surface area contributed by atoms with E-state index in [0.717, 1.165) is 23.4 Å². The maximum absolute atomic E-state index is 5.91. The van der Waals surface area contributed by atoms with E-state index in [2.05, 4.69) is 15.0 Å². The lowest BCUT2D eigenvalue weighted by Gasteiger charge is -2.12. The number of rotatable bonds is 6. The molecule has 0 atom stereocenters. The van der Waals surface area contributed by atoms with E-state index < -0.39 is 0 Å². The molecule has 3 rings (SSSR count). The van der Waals surface area contributed by atoms with Crippen LogP contribution in [0.1, 0.15) is 0 Å². The van der Waals surface area contributed by atoms with E-state index in [1.807, 2.05) is 50.5 Å². The zero-order valence-electron chi connectivity index (χ0n) is 13.6. The standard InChI is InChI=1S/C18H18ClN3O2/c1-22(2)11-12-23-16-6-4-3-5-15(16)17-20-18(24-21-17)13-7-9-14(19)10-8-13/h3-10H,11-12H2,1-2H3. The van der Waals surface area contributed by atoms with Crippen LogP contribution in [0.25, 0.3) is 22.8 Å². The maximum Gasteiger partial charge on any atom is 0.258 e. The molecule has 0 aliphatic rings. The molecule has 0 saturated heterocycles. The van der Waals surface area contributed by atoms with Crippen molar-refractivity contribution in [2.75, 3.05) is 27.2 Å². The Balaban J connectivity index is 1.83. The van der Waals surface area contributed by atoms with Crippen molar-refractivity contribution in [2.24, 2.45) is 0 Å². The van der Waals surface area contributed by atoms with Gasteiger partial charge in [0.15, 0.2) is 0 Å². The summed E-state index contributed by atoms with van der Waals surface area (Å²) in [4.78, 5) is 6.54. The van der Waals surface area contributed by atoms with Crippen molar-refractivity contribution in [2.45, 2.75) is 0 Å². The molecule has 24 heavy (non-hydrogen) atoms. The normalized spacial score (nSPS) is 11.0. The zero-order valence-corrected chi connectivity index (χ0v) is 14.3. The summed E-state index contributed by atoms with van der Waals surface area (Å²) in [6, 6.07) is 14.9. The van der Waals surface area contributed by atoms with Crippen LogP contribution in [0, 0.1) is 0 Å². The van der Waals surface area contributed by atoms with Gasteiger partial charge in [-0.05, 0) is 50.5 Å². The van der Waals surface area contributed by atoms with Gasteiger partial charge in [0.1, 0.15) is 12.4 Å². The topological polar surface area (TPSA) is 51.4 Å². The van der Waals surface area contributed by atoms with Crippen LogP contribution in [-0.4, -0.2) is 42.3 Å². The second kappa shape index (κ2) is 7.47. The number of ether oxygens (including phenoxy) is 1. The Kier molecular flexibility index (Phi) is 5.13. The Morgan fingerprint density at radius 1 is 1.08 bits per heavy atom. The van der Waals surface area contributed by atoms with E-state index >= 15 is 0 Å². The summed E-state index contributed by atoms with van der Waals surface area (Å²) in [6.45, 7) is 1.42. The molecule has 0 N–H and O–H groups in total. The fraction of sp³-hybridized carbons (Fsp3) is 0.222. The Hall–Kier alpha value is -2.37. The van der Waals surface area contributed by atoms with E-state index in [-0.39, 0.29) is 0 Å². The first-order chi connectivity index (χ1) is 11.6. The molecule has 6 heteroatoms. The number of hydrogen-bond acceptors (Lipinski definition) is 5. The molecule has 0 radical (unpaired) electrons. The summed E-state index contributed by atoms with van der Waals surface area (Å²) in [5, 5.41) is 4.74. The van der Waals surface area contributed by atoms with Crippen LogP contribution in [0.3, 0.4) is 0 Å². The first kappa shape index (κ1) is 16.5. The Morgan fingerprint density at radius 2 is 1.83 bits per heavy atom. The minimum Gasteiger partial charge on any atom is -0.491 e. The molecule has 0 aliphatic heterocycles. The highest BCUT2D eigenvalue weighted by molar-refractivity contribution is 6.30. The van der Waals surface area contributed by atoms with Crippen LogP contribution in [0.2, 0.25) is 5.02 Å². The van der Waals surface area contributed by atoms with Crippen molar-refractivity contribution in [3.8, 4) is 28.6 Å². The molecular formula is C18H18ClN3O2. The molecule has 0 amide bonds. The lowest BCUT2D eigenvalue weighted by molar-refractivity contribution is 0.262. The highest BCUT2D eigenvalue weighted by Gasteiger charge is 2.14. The predicted molar refractivity (Wildman–Crippen MR) is 94.2 cm³/mol. The summed E-state index contributed by atoms with van der Waals surface area (Å²) >= 11 is 5.91. The number of hydrogen-bond donors (Lipinski definition) is 0. The summed E-state index contributed by atoms with van der Waals surface area (Å²) in [5.41, 5.74) is 1.63. The maximum atomic E-state index is 5.91. The fourth-order valence-corrected chi connectivity index (χ4v) is 2.28. The van der Waals surface area contributed by atoms with Gasteiger partial charge in [-0.1, -0.05) is 28.9 Å². The number of halogens is 1. The number of para-hydroxylation sites is 1. The van der Waals surface area contributed by atoms with Gasteiger partial charge in [-0.25, -0.2) is 0 Å². The third-order valence-electron chi connectivity index (χ3n) is 3.44. The van der Waals surface area contributed by atoms with E-state index in [1.54, 1.807) is 12.1 Å². The first-order valence-electron chi connectivity index (χ1n) is 7.60. The Morgan fingerprint density at radius 3 is 2.58 bits per heavy atom.